The van der Waals surface area contributed by atoms with Gasteiger partial charge in [0.25, 0.3) is 0 Å². The van der Waals surface area contributed by atoms with Crippen molar-refractivity contribution in [1.29, 1.82) is 0 Å². The molecule has 3 heteroatoms. The van der Waals surface area contributed by atoms with Gasteiger partial charge in [0.2, 0.25) is 0 Å². The average molecular weight is 196 g/mol. The van der Waals surface area contributed by atoms with Crippen LogP contribution < -0.4 is 10.4 Å². The van der Waals surface area contributed by atoms with Crippen LogP contribution in [0.2, 0.25) is 6.55 Å². The molecule has 1 aromatic rings. The van der Waals surface area contributed by atoms with Crippen LogP contribution in [0.1, 0.15) is 6.92 Å². The van der Waals surface area contributed by atoms with Gasteiger partial charge in [-0.1, -0.05) is 36.0 Å². The standard InChI is InChI=1S/C9H16OSi2/c1-3-10-12-9-6-4-8(11-2)5-7-9/h4-7H,3,11-12H2,1-2H3. The largest absolute Gasteiger partial charge is 0.419 e. The fourth-order valence-corrected chi connectivity index (χ4v) is 2.67. The molecule has 12 heavy (non-hydrogen) atoms. The predicted octanol–water partition coefficient (Wildman–Crippen LogP) is -0.726. The molecule has 0 heterocycles. The molecule has 0 saturated carbocycles. The monoisotopic (exact) mass is 196 g/mol. The van der Waals surface area contributed by atoms with E-state index in [1.165, 1.54) is 5.19 Å². The zero-order valence-electron chi connectivity index (χ0n) is 7.84. The van der Waals surface area contributed by atoms with Gasteiger partial charge < -0.3 is 4.43 Å². The van der Waals surface area contributed by atoms with Gasteiger partial charge in [-0.25, -0.2) is 0 Å². The lowest BCUT2D eigenvalue weighted by Crippen LogP contribution is -2.20. The number of rotatable bonds is 4. The maximum Gasteiger partial charge on any atom is 0.192 e. The van der Waals surface area contributed by atoms with E-state index in [2.05, 4.69) is 37.7 Å². The first kappa shape index (κ1) is 9.70. The summed E-state index contributed by atoms with van der Waals surface area (Å²) in [4.78, 5) is 0. The predicted molar refractivity (Wildman–Crippen MR) is 60.3 cm³/mol. The van der Waals surface area contributed by atoms with Gasteiger partial charge in [0.1, 0.15) is 0 Å². The SMILES string of the molecule is CCO[SiH2]c1ccc([SiH2]C)cc1. The van der Waals surface area contributed by atoms with Crippen molar-refractivity contribution in [3.63, 3.8) is 0 Å². The summed E-state index contributed by atoms with van der Waals surface area (Å²) in [5.41, 5.74) is 0. The van der Waals surface area contributed by atoms with E-state index in [1.807, 2.05) is 0 Å². The molecule has 0 saturated heterocycles. The summed E-state index contributed by atoms with van der Waals surface area (Å²) in [6, 6.07) is 8.97. The van der Waals surface area contributed by atoms with Crippen molar-refractivity contribution < 1.29 is 4.43 Å². The van der Waals surface area contributed by atoms with Crippen molar-refractivity contribution >= 4 is 29.7 Å². The fourth-order valence-electron chi connectivity index (χ4n) is 1.09. The minimum Gasteiger partial charge on any atom is -0.419 e. The van der Waals surface area contributed by atoms with Gasteiger partial charge in [-0.3, -0.25) is 0 Å². The van der Waals surface area contributed by atoms with E-state index in [-0.39, 0.29) is 9.52 Å². The molecule has 0 aliphatic heterocycles. The van der Waals surface area contributed by atoms with E-state index in [9.17, 15) is 0 Å². The van der Waals surface area contributed by atoms with Gasteiger partial charge in [0, 0.05) is 6.61 Å². The van der Waals surface area contributed by atoms with E-state index >= 15 is 0 Å². The molecule has 0 atom stereocenters. The summed E-state index contributed by atoms with van der Waals surface area (Å²) in [6.07, 6.45) is 0. The highest BCUT2D eigenvalue weighted by Gasteiger charge is 1.93. The Labute approximate surface area is 78.9 Å². The van der Waals surface area contributed by atoms with Crippen LogP contribution in [0.4, 0.5) is 0 Å². The number of hydrogen-bond acceptors (Lipinski definition) is 1. The second-order valence-corrected chi connectivity index (χ2v) is 5.84. The fraction of sp³-hybridized carbons (Fsp3) is 0.333. The lowest BCUT2D eigenvalue weighted by atomic mass is 10.4. The molecule has 1 rings (SSSR count). The lowest BCUT2D eigenvalue weighted by Gasteiger charge is -2.01. The van der Waals surface area contributed by atoms with E-state index in [0.29, 0.717) is 0 Å². The lowest BCUT2D eigenvalue weighted by molar-refractivity contribution is 0.367. The molecule has 0 fully saturated rings. The van der Waals surface area contributed by atoms with Gasteiger partial charge in [-0.05, 0) is 12.1 Å². The second-order valence-electron chi connectivity index (χ2n) is 2.81. The molecule has 0 amide bonds. The first-order valence-corrected chi connectivity index (χ1v) is 7.93. The van der Waals surface area contributed by atoms with E-state index in [0.717, 1.165) is 6.61 Å². The van der Waals surface area contributed by atoms with Crippen LogP contribution in [0.3, 0.4) is 0 Å². The van der Waals surface area contributed by atoms with Crippen molar-refractivity contribution in [2.24, 2.45) is 0 Å². The molecule has 0 aromatic heterocycles. The smallest absolute Gasteiger partial charge is 0.192 e. The average Bonchev–Trinajstić information content (AvgIpc) is 2.15. The van der Waals surface area contributed by atoms with Crippen LogP contribution in [0, 0.1) is 0 Å². The summed E-state index contributed by atoms with van der Waals surface area (Å²) in [5, 5.41) is 2.97. The van der Waals surface area contributed by atoms with Crippen molar-refractivity contribution in [2.45, 2.75) is 13.5 Å². The van der Waals surface area contributed by atoms with Gasteiger partial charge in [-0.15, -0.1) is 0 Å². The Morgan fingerprint density at radius 2 is 1.75 bits per heavy atom. The third-order valence-corrected chi connectivity index (χ3v) is 4.61. The van der Waals surface area contributed by atoms with Gasteiger partial charge >= 0.3 is 0 Å². The molecule has 0 unspecified atom stereocenters. The third kappa shape index (κ3) is 2.93. The van der Waals surface area contributed by atoms with Crippen LogP contribution in [-0.2, 0) is 4.43 Å². The molecule has 0 aliphatic rings. The highest BCUT2D eigenvalue weighted by Crippen LogP contribution is 1.80. The highest BCUT2D eigenvalue weighted by molar-refractivity contribution is 6.52. The molecular formula is C9H16OSi2. The van der Waals surface area contributed by atoms with Gasteiger partial charge in [0.05, 0.1) is 9.52 Å². The Kier molecular flexibility index (Phi) is 4.28. The first-order valence-electron chi connectivity index (χ1n) is 4.52. The number of hydrogen-bond donors (Lipinski definition) is 0. The van der Waals surface area contributed by atoms with Gasteiger partial charge in [0.15, 0.2) is 9.76 Å². The molecular weight excluding hydrogens is 180 g/mol. The molecule has 1 nitrogen and oxygen atoms in total. The maximum atomic E-state index is 5.44. The summed E-state index contributed by atoms with van der Waals surface area (Å²) in [6.45, 7) is 5.23. The topological polar surface area (TPSA) is 9.23 Å². The quantitative estimate of drug-likeness (QED) is 0.577. The van der Waals surface area contributed by atoms with E-state index in [1.54, 1.807) is 5.19 Å². The molecule has 66 valence electrons. The molecule has 1 aromatic carbocycles. The minimum absolute atomic E-state index is 0.0307. The maximum absolute atomic E-state index is 5.44. The van der Waals surface area contributed by atoms with Crippen molar-refractivity contribution in [2.75, 3.05) is 6.61 Å². The summed E-state index contributed by atoms with van der Waals surface area (Å²) >= 11 is 0. The molecule has 0 bridgehead atoms. The van der Waals surface area contributed by atoms with Crippen LogP contribution in [0.5, 0.6) is 0 Å². The third-order valence-electron chi connectivity index (χ3n) is 1.90. The molecule has 0 radical (unpaired) electrons. The van der Waals surface area contributed by atoms with Crippen LogP contribution >= 0.6 is 0 Å². The normalized spacial score (nSPS) is 12.2. The number of benzene rings is 1. The van der Waals surface area contributed by atoms with Crippen molar-refractivity contribution in [3.8, 4) is 0 Å². The Hall–Kier alpha value is -0.386. The molecule has 0 aliphatic carbocycles. The zero-order chi connectivity index (χ0) is 8.81. The Morgan fingerprint density at radius 1 is 1.17 bits per heavy atom. The molecule has 0 N–H and O–H groups in total. The Morgan fingerprint density at radius 3 is 2.25 bits per heavy atom. The van der Waals surface area contributed by atoms with Crippen molar-refractivity contribution in [1.82, 2.24) is 0 Å². The van der Waals surface area contributed by atoms with E-state index in [4.69, 9.17) is 4.43 Å². The Bertz CT molecular complexity index is 220. The minimum atomic E-state index is -0.420. The van der Waals surface area contributed by atoms with Gasteiger partial charge in [-0.2, -0.15) is 0 Å². The van der Waals surface area contributed by atoms with Crippen LogP contribution in [0.25, 0.3) is 0 Å². The summed E-state index contributed by atoms with van der Waals surface area (Å²) < 4.78 is 5.44. The Balaban J connectivity index is 2.53. The van der Waals surface area contributed by atoms with E-state index < -0.39 is 9.76 Å². The van der Waals surface area contributed by atoms with Crippen LogP contribution in [-0.4, -0.2) is 25.9 Å². The van der Waals surface area contributed by atoms with Crippen LogP contribution in [0.15, 0.2) is 24.3 Å². The highest BCUT2D eigenvalue weighted by atomic mass is 28.2. The second kappa shape index (κ2) is 5.29. The zero-order valence-corrected chi connectivity index (χ0v) is 10.7. The summed E-state index contributed by atoms with van der Waals surface area (Å²) in [5.74, 6) is 0. The first-order chi connectivity index (χ1) is 5.86. The molecule has 0 spiro atoms. The van der Waals surface area contributed by atoms with Crippen molar-refractivity contribution in [3.05, 3.63) is 24.3 Å². The summed E-state index contributed by atoms with van der Waals surface area (Å²) in [7, 11) is -0.389.